The molecule has 6 nitrogen and oxygen atoms in total. The fourth-order valence-corrected chi connectivity index (χ4v) is 3.67. The topological polar surface area (TPSA) is 86.7 Å². The van der Waals surface area contributed by atoms with Gasteiger partial charge in [0.25, 0.3) is 0 Å². The third-order valence-electron chi connectivity index (χ3n) is 4.97. The molecular formula is C25H12ClFO6. The highest BCUT2D eigenvalue weighted by Crippen LogP contribution is 2.30. The van der Waals surface area contributed by atoms with Gasteiger partial charge in [-0.2, -0.15) is 0 Å². The zero-order valence-electron chi connectivity index (χ0n) is 16.6. The molecule has 0 aliphatic rings. The molecule has 2 heterocycles. The first kappa shape index (κ1) is 20.7. The molecule has 0 spiro atoms. The van der Waals surface area contributed by atoms with Crippen molar-refractivity contribution in [2.24, 2.45) is 0 Å². The minimum atomic E-state index is -0.778. The summed E-state index contributed by atoms with van der Waals surface area (Å²) in [5.41, 5.74) is -0.445. The van der Waals surface area contributed by atoms with E-state index < -0.39 is 23.0 Å². The maximum atomic E-state index is 13.4. The van der Waals surface area contributed by atoms with E-state index in [1.165, 1.54) is 36.4 Å². The number of carbonyl (C=O) groups is 1. The van der Waals surface area contributed by atoms with Gasteiger partial charge in [-0.3, -0.25) is 0 Å². The summed E-state index contributed by atoms with van der Waals surface area (Å²) < 4.78 is 29.3. The van der Waals surface area contributed by atoms with Crippen LogP contribution in [0.3, 0.4) is 0 Å². The molecule has 5 rings (SSSR count). The van der Waals surface area contributed by atoms with Crippen LogP contribution in [0.5, 0.6) is 5.75 Å². The van der Waals surface area contributed by atoms with Crippen LogP contribution < -0.4 is 16.0 Å². The fraction of sp³-hybridized carbons (Fsp3) is 0. The van der Waals surface area contributed by atoms with Crippen molar-refractivity contribution in [3.05, 3.63) is 110 Å². The second-order valence-corrected chi connectivity index (χ2v) is 7.60. The van der Waals surface area contributed by atoms with Gasteiger partial charge in [0.1, 0.15) is 22.7 Å². The van der Waals surface area contributed by atoms with Crippen LogP contribution in [-0.2, 0) is 0 Å². The van der Waals surface area contributed by atoms with Gasteiger partial charge in [-0.15, -0.1) is 0 Å². The molecule has 0 radical (unpaired) electrons. The Hall–Kier alpha value is -4.23. The lowest BCUT2D eigenvalue weighted by atomic mass is 10.0. The third-order valence-corrected chi connectivity index (χ3v) is 5.21. The number of fused-ring (bicyclic) bond motifs is 2. The predicted molar refractivity (Wildman–Crippen MR) is 120 cm³/mol. The minimum absolute atomic E-state index is 0.0257. The van der Waals surface area contributed by atoms with Crippen LogP contribution in [0.4, 0.5) is 4.39 Å². The molecular weight excluding hydrogens is 451 g/mol. The Morgan fingerprint density at radius 2 is 1.70 bits per heavy atom. The summed E-state index contributed by atoms with van der Waals surface area (Å²) in [6.07, 6.45) is 0. The van der Waals surface area contributed by atoms with E-state index in [2.05, 4.69) is 0 Å². The molecule has 162 valence electrons. The Labute approximate surface area is 189 Å². The highest BCUT2D eigenvalue weighted by atomic mass is 35.5. The molecule has 8 heteroatoms. The van der Waals surface area contributed by atoms with E-state index in [1.54, 1.807) is 30.3 Å². The average Bonchev–Trinajstić information content (AvgIpc) is 2.78. The Balaban J connectivity index is 1.60. The van der Waals surface area contributed by atoms with E-state index in [-0.39, 0.29) is 22.5 Å². The summed E-state index contributed by atoms with van der Waals surface area (Å²) in [6, 6.07) is 17.0. The molecule has 2 aromatic heterocycles. The number of hydrogen-bond acceptors (Lipinski definition) is 6. The Kier molecular flexibility index (Phi) is 5.03. The van der Waals surface area contributed by atoms with E-state index in [0.717, 1.165) is 6.07 Å². The third kappa shape index (κ3) is 4.02. The van der Waals surface area contributed by atoms with Crippen molar-refractivity contribution in [3.63, 3.8) is 0 Å². The predicted octanol–water partition coefficient (Wildman–Crippen LogP) is 5.58. The monoisotopic (exact) mass is 462 g/mol. The quantitative estimate of drug-likeness (QED) is 0.198. The average molecular weight is 463 g/mol. The standard InChI is InChI=1S/C25H12ClFO6/c26-15-4-7-21-14(8-15)10-20(25(30)33-21)19-12-23(28)32-22-11-17(5-6-18(19)22)31-24(29)13-2-1-3-16(27)9-13/h1-12H. The lowest BCUT2D eigenvalue weighted by molar-refractivity contribution is 0.0734. The normalized spacial score (nSPS) is 11.1. The number of halogens is 2. The molecule has 0 bridgehead atoms. The number of hydrogen-bond donors (Lipinski definition) is 0. The second kappa shape index (κ2) is 8.03. The smallest absolute Gasteiger partial charge is 0.344 e. The summed E-state index contributed by atoms with van der Waals surface area (Å²) in [6.45, 7) is 0. The van der Waals surface area contributed by atoms with Crippen molar-refractivity contribution >= 4 is 39.5 Å². The van der Waals surface area contributed by atoms with Crippen LogP contribution in [0.15, 0.2) is 91.2 Å². The van der Waals surface area contributed by atoms with Gasteiger partial charge in [-0.1, -0.05) is 17.7 Å². The first-order valence-corrected chi connectivity index (χ1v) is 10.0. The maximum Gasteiger partial charge on any atom is 0.344 e. The second-order valence-electron chi connectivity index (χ2n) is 7.17. The van der Waals surface area contributed by atoms with E-state index >= 15 is 0 Å². The largest absolute Gasteiger partial charge is 0.423 e. The highest BCUT2D eigenvalue weighted by molar-refractivity contribution is 6.31. The van der Waals surface area contributed by atoms with E-state index in [4.69, 9.17) is 25.2 Å². The Morgan fingerprint density at radius 3 is 2.52 bits per heavy atom. The molecule has 0 aliphatic heterocycles. The van der Waals surface area contributed by atoms with Crippen molar-refractivity contribution in [2.45, 2.75) is 0 Å². The first-order valence-electron chi connectivity index (χ1n) is 9.67. The highest BCUT2D eigenvalue weighted by Gasteiger charge is 2.16. The molecule has 0 fully saturated rings. The lowest BCUT2D eigenvalue weighted by Crippen LogP contribution is -2.09. The van der Waals surface area contributed by atoms with E-state index in [1.807, 2.05) is 0 Å². The zero-order valence-corrected chi connectivity index (χ0v) is 17.4. The molecule has 0 saturated carbocycles. The number of esters is 1. The van der Waals surface area contributed by atoms with Crippen LogP contribution in [0.25, 0.3) is 33.1 Å². The molecule has 0 amide bonds. The van der Waals surface area contributed by atoms with Gasteiger partial charge in [0, 0.05) is 33.5 Å². The molecule has 0 atom stereocenters. The summed E-state index contributed by atoms with van der Waals surface area (Å²) in [4.78, 5) is 37.2. The SMILES string of the molecule is O=C(Oc1ccc2c(-c3cc4cc(Cl)ccc4oc3=O)cc(=O)oc2c1)c1cccc(F)c1. The van der Waals surface area contributed by atoms with Gasteiger partial charge < -0.3 is 13.6 Å². The molecule has 33 heavy (non-hydrogen) atoms. The van der Waals surface area contributed by atoms with Crippen LogP contribution in [0.2, 0.25) is 5.02 Å². The molecule has 0 unspecified atom stereocenters. The van der Waals surface area contributed by atoms with E-state index in [0.29, 0.717) is 26.9 Å². The molecule has 0 aliphatic carbocycles. The van der Waals surface area contributed by atoms with Crippen molar-refractivity contribution in [2.75, 3.05) is 0 Å². The molecule has 0 N–H and O–H groups in total. The summed E-state index contributed by atoms with van der Waals surface area (Å²) in [5, 5.41) is 1.47. The van der Waals surface area contributed by atoms with Gasteiger partial charge in [0.15, 0.2) is 0 Å². The lowest BCUT2D eigenvalue weighted by Gasteiger charge is -2.08. The number of ether oxygens (including phenoxy) is 1. The zero-order chi connectivity index (χ0) is 23.1. The summed E-state index contributed by atoms with van der Waals surface area (Å²) >= 11 is 6.04. The molecule has 5 aromatic rings. The summed E-state index contributed by atoms with van der Waals surface area (Å²) in [7, 11) is 0. The number of carbonyl (C=O) groups excluding carboxylic acids is 1. The van der Waals surface area contributed by atoms with Crippen LogP contribution in [0, 0.1) is 5.82 Å². The van der Waals surface area contributed by atoms with Gasteiger partial charge in [0.05, 0.1) is 11.1 Å². The van der Waals surface area contributed by atoms with E-state index in [9.17, 15) is 18.8 Å². The Bertz CT molecular complexity index is 1680. The van der Waals surface area contributed by atoms with Crippen molar-refractivity contribution in [1.29, 1.82) is 0 Å². The van der Waals surface area contributed by atoms with Crippen molar-refractivity contribution in [3.8, 4) is 16.9 Å². The van der Waals surface area contributed by atoms with Crippen molar-refractivity contribution in [1.82, 2.24) is 0 Å². The number of benzene rings is 3. The maximum absolute atomic E-state index is 13.4. The minimum Gasteiger partial charge on any atom is -0.423 e. The summed E-state index contributed by atoms with van der Waals surface area (Å²) in [5.74, 6) is -1.28. The van der Waals surface area contributed by atoms with Crippen molar-refractivity contribution < 1.29 is 22.8 Å². The first-order chi connectivity index (χ1) is 15.9. The van der Waals surface area contributed by atoms with Crippen LogP contribution in [0.1, 0.15) is 10.4 Å². The van der Waals surface area contributed by atoms with Gasteiger partial charge in [-0.05, 0) is 54.6 Å². The Morgan fingerprint density at radius 1 is 0.848 bits per heavy atom. The van der Waals surface area contributed by atoms with Crippen LogP contribution in [-0.4, -0.2) is 5.97 Å². The van der Waals surface area contributed by atoms with Crippen LogP contribution >= 0.6 is 11.6 Å². The number of rotatable bonds is 3. The fourth-order valence-electron chi connectivity index (χ4n) is 3.49. The molecule has 3 aromatic carbocycles. The van der Waals surface area contributed by atoms with Gasteiger partial charge in [0.2, 0.25) is 0 Å². The van der Waals surface area contributed by atoms with Gasteiger partial charge >= 0.3 is 17.2 Å². The van der Waals surface area contributed by atoms with Gasteiger partial charge in [-0.25, -0.2) is 18.8 Å². The molecule has 0 saturated heterocycles.